The second-order valence-electron chi connectivity index (χ2n) is 6.27. The third-order valence-corrected chi connectivity index (χ3v) is 3.13. The Kier molecular flexibility index (Phi) is 6.09. The Morgan fingerprint density at radius 3 is 2.44 bits per heavy atom. The maximum absolute atomic E-state index is 12.0. The van der Waals surface area contributed by atoms with Crippen LogP contribution in [0.25, 0.3) is 0 Å². The van der Waals surface area contributed by atoms with Crippen LogP contribution in [0.2, 0.25) is 0 Å². The largest absolute Gasteiger partial charge is 0.396 e. The van der Waals surface area contributed by atoms with Gasteiger partial charge in [-0.2, -0.15) is 0 Å². The molecule has 1 heterocycles. The summed E-state index contributed by atoms with van der Waals surface area (Å²) in [4.78, 5) is 14.0. The predicted octanol–water partition coefficient (Wildman–Crippen LogP) is 1.81. The lowest BCUT2D eigenvalue weighted by atomic mass is 9.91. The molecule has 0 radical (unpaired) electrons. The SMILES string of the molecule is CC(C)(C)CC(=O)N1CCC(OCCCO)CC1. The molecule has 4 nitrogen and oxygen atoms in total. The van der Waals surface area contributed by atoms with Gasteiger partial charge in [-0.15, -0.1) is 0 Å². The molecule has 1 aliphatic heterocycles. The lowest BCUT2D eigenvalue weighted by molar-refractivity contribution is -0.135. The van der Waals surface area contributed by atoms with Gasteiger partial charge < -0.3 is 14.7 Å². The predicted molar refractivity (Wildman–Crippen MR) is 71.3 cm³/mol. The van der Waals surface area contributed by atoms with Crippen molar-refractivity contribution in [3.63, 3.8) is 0 Å². The molecule has 1 N–H and O–H groups in total. The smallest absolute Gasteiger partial charge is 0.223 e. The molecule has 1 rings (SSSR count). The van der Waals surface area contributed by atoms with E-state index in [0.29, 0.717) is 19.4 Å². The summed E-state index contributed by atoms with van der Waals surface area (Å²) in [7, 11) is 0. The van der Waals surface area contributed by atoms with Crippen molar-refractivity contribution in [2.24, 2.45) is 5.41 Å². The van der Waals surface area contributed by atoms with Gasteiger partial charge in [-0.3, -0.25) is 4.79 Å². The molecule has 0 aromatic rings. The average Bonchev–Trinajstić information content (AvgIpc) is 2.28. The minimum absolute atomic E-state index is 0.0611. The summed E-state index contributed by atoms with van der Waals surface area (Å²) in [6.45, 7) is 8.69. The Labute approximate surface area is 110 Å². The van der Waals surface area contributed by atoms with E-state index in [9.17, 15) is 4.79 Å². The zero-order valence-corrected chi connectivity index (χ0v) is 11.9. The summed E-state index contributed by atoms with van der Waals surface area (Å²) in [6, 6.07) is 0. The normalized spacial score (nSPS) is 18.1. The van der Waals surface area contributed by atoms with Crippen LogP contribution in [0.3, 0.4) is 0 Å². The van der Waals surface area contributed by atoms with Crippen molar-refractivity contribution < 1.29 is 14.6 Å². The lowest BCUT2D eigenvalue weighted by Crippen LogP contribution is -2.42. The Morgan fingerprint density at radius 1 is 1.33 bits per heavy atom. The van der Waals surface area contributed by atoms with Crippen LogP contribution < -0.4 is 0 Å². The lowest BCUT2D eigenvalue weighted by Gasteiger charge is -2.33. The second-order valence-corrected chi connectivity index (χ2v) is 6.27. The first-order chi connectivity index (χ1) is 8.42. The number of rotatable bonds is 5. The van der Waals surface area contributed by atoms with Crippen molar-refractivity contribution in [2.75, 3.05) is 26.3 Å². The third-order valence-electron chi connectivity index (χ3n) is 3.13. The molecule has 0 atom stereocenters. The molecule has 0 aliphatic carbocycles. The first kappa shape index (κ1) is 15.4. The second kappa shape index (κ2) is 7.10. The highest BCUT2D eigenvalue weighted by molar-refractivity contribution is 5.76. The van der Waals surface area contributed by atoms with Gasteiger partial charge in [-0.25, -0.2) is 0 Å². The number of hydrogen-bond acceptors (Lipinski definition) is 3. The maximum atomic E-state index is 12.0. The topological polar surface area (TPSA) is 49.8 Å². The molecule has 18 heavy (non-hydrogen) atoms. The summed E-state index contributed by atoms with van der Waals surface area (Å²) in [5, 5.41) is 8.69. The number of aliphatic hydroxyl groups excluding tert-OH is 1. The van der Waals surface area contributed by atoms with Crippen LogP contribution in [-0.2, 0) is 9.53 Å². The molecule has 0 unspecified atom stereocenters. The van der Waals surface area contributed by atoms with E-state index in [4.69, 9.17) is 9.84 Å². The molecule has 1 amide bonds. The van der Waals surface area contributed by atoms with E-state index in [2.05, 4.69) is 20.8 Å². The molecule has 4 heteroatoms. The first-order valence-corrected chi connectivity index (χ1v) is 6.92. The van der Waals surface area contributed by atoms with Crippen molar-refractivity contribution in [1.82, 2.24) is 4.90 Å². The van der Waals surface area contributed by atoms with Crippen LogP contribution in [0.4, 0.5) is 0 Å². The number of carbonyl (C=O) groups excluding carboxylic acids is 1. The highest BCUT2D eigenvalue weighted by Gasteiger charge is 2.25. The monoisotopic (exact) mass is 257 g/mol. The average molecular weight is 257 g/mol. The van der Waals surface area contributed by atoms with Gasteiger partial charge in [0, 0.05) is 32.7 Å². The minimum Gasteiger partial charge on any atom is -0.396 e. The fraction of sp³-hybridized carbons (Fsp3) is 0.929. The van der Waals surface area contributed by atoms with Gasteiger partial charge in [0.25, 0.3) is 0 Å². The highest BCUT2D eigenvalue weighted by Crippen LogP contribution is 2.22. The summed E-state index contributed by atoms with van der Waals surface area (Å²) in [6.07, 6.45) is 3.41. The number of carbonyl (C=O) groups is 1. The van der Waals surface area contributed by atoms with Crippen LogP contribution in [0, 0.1) is 5.41 Å². The van der Waals surface area contributed by atoms with Crippen LogP contribution in [0.5, 0.6) is 0 Å². The molecule has 106 valence electrons. The summed E-state index contributed by atoms with van der Waals surface area (Å²) >= 11 is 0. The molecular formula is C14H27NO3. The Morgan fingerprint density at radius 2 is 1.94 bits per heavy atom. The van der Waals surface area contributed by atoms with Gasteiger partial charge in [0.15, 0.2) is 0 Å². The zero-order chi connectivity index (χ0) is 13.6. The van der Waals surface area contributed by atoms with Crippen molar-refractivity contribution in [3.8, 4) is 0 Å². The zero-order valence-electron chi connectivity index (χ0n) is 11.9. The van der Waals surface area contributed by atoms with Crippen molar-refractivity contribution >= 4 is 5.91 Å². The van der Waals surface area contributed by atoms with Gasteiger partial charge >= 0.3 is 0 Å². The minimum atomic E-state index is 0.0611. The van der Waals surface area contributed by atoms with Crippen molar-refractivity contribution in [3.05, 3.63) is 0 Å². The van der Waals surface area contributed by atoms with E-state index < -0.39 is 0 Å². The van der Waals surface area contributed by atoms with E-state index in [1.54, 1.807) is 0 Å². The highest BCUT2D eigenvalue weighted by atomic mass is 16.5. The number of piperidine rings is 1. The van der Waals surface area contributed by atoms with E-state index in [1.807, 2.05) is 4.90 Å². The Balaban J connectivity index is 2.24. The molecule has 0 bridgehead atoms. The fourth-order valence-corrected chi connectivity index (χ4v) is 2.15. The quantitative estimate of drug-likeness (QED) is 0.764. The third kappa shape index (κ3) is 5.83. The molecule has 0 aromatic carbocycles. The van der Waals surface area contributed by atoms with E-state index >= 15 is 0 Å². The number of aliphatic hydroxyl groups is 1. The Bertz CT molecular complexity index is 252. The first-order valence-electron chi connectivity index (χ1n) is 6.92. The summed E-state index contributed by atoms with van der Waals surface area (Å²) in [5.41, 5.74) is 0.0611. The van der Waals surface area contributed by atoms with Crippen LogP contribution in [0.15, 0.2) is 0 Å². The molecule has 1 fully saturated rings. The molecule has 1 aliphatic rings. The number of likely N-dealkylation sites (tertiary alicyclic amines) is 1. The molecule has 0 saturated carbocycles. The standard InChI is InChI=1S/C14H27NO3/c1-14(2,3)11-13(17)15-7-5-12(6-8-15)18-10-4-9-16/h12,16H,4-11H2,1-3H3. The summed E-state index contributed by atoms with van der Waals surface area (Å²) < 4.78 is 5.65. The van der Waals surface area contributed by atoms with Crippen LogP contribution in [0.1, 0.15) is 46.5 Å². The summed E-state index contributed by atoms with van der Waals surface area (Å²) in [5.74, 6) is 0.260. The van der Waals surface area contributed by atoms with Crippen LogP contribution in [-0.4, -0.2) is 48.3 Å². The molecule has 1 saturated heterocycles. The van der Waals surface area contributed by atoms with Gasteiger partial charge in [-0.05, 0) is 24.7 Å². The molecular weight excluding hydrogens is 230 g/mol. The molecule has 0 spiro atoms. The maximum Gasteiger partial charge on any atom is 0.223 e. The number of hydrogen-bond donors (Lipinski definition) is 1. The van der Waals surface area contributed by atoms with E-state index in [0.717, 1.165) is 25.9 Å². The van der Waals surface area contributed by atoms with Gasteiger partial charge in [0.2, 0.25) is 5.91 Å². The number of nitrogens with zero attached hydrogens (tertiary/aromatic N) is 1. The van der Waals surface area contributed by atoms with Gasteiger partial charge in [-0.1, -0.05) is 20.8 Å². The molecule has 0 aromatic heterocycles. The van der Waals surface area contributed by atoms with Gasteiger partial charge in [0.05, 0.1) is 6.10 Å². The van der Waals surface area contributed by atoms with Crippen molar-refractivity contribution in [1.29, 1.82) is 0 Å². The fourth-order valence-electron chi connectivity index (χ4n) is 2.15. The number of ether oxygens (including phenoxy) is 1. The van der Waals surface area contributed by atoms with E-state index in [1.165, 1.54) is 0 Å². The van der Waals surface area contributed by atoms with Crippen molar-refractivity contribution in [2.45, 2.75) is 52.6 Å². The van der Waals surface area contributed by atoms with Gasteiger partial charge in [0.1, 0.15) is 0 Å². The Hall–Kier alpha value is -0.610. The number of amides is 1. The van der Waals surface area contributed by atoms with Crippen LogP contribution >= 0.6 is 0 Å². The van der Waals surface area contributed by atoms with E-state index in [-0.39, 0.29) is 24.0 Å².